The highest BCUT2D eigenvalue weighted by molar-refractivity contribution is 8.01. The summed E-state index contributed by atoms with van der Waals surface area (Å²) in [6.45, 7) is 0.400. The Balaban J connectivity index is 1.52. The van der Waals surface area contributed by atoms with Crippen LogP contribution in [0, 0.1) is 5.92 Å². The topological polar surface area (TPSA) is 49.3 Å². The Morgan fingerprint density at radius 3 is 2.94 bits per heavy atom. The molecule has 96 valence electrons. The molecule has 1 heterocycles. The fourth-order valence-corrected chi connectivity index (χ4v) is 3.51. The van der Waals surface area contributed by atoms with Crippen molar-refractivity contribution < 1.29 is 9.90 Å². The molecule has 1 aliphatic carbocycles. The van der Waals surface area contributed by atoms with Crippen molar-refractivity contribution in [3.63, 3.8) is 0 Å². The zero-order chi connectivity index (χ0) is 12.5. The highest BCUT2D eigenvalue weighted by atomic mass is 32.2. The van der Waals surface area contributed by atoms with Gasteiger partial charge in [0.2, 0.25) is 5.91 Å². The lowest BCUT2D eigenvalue weighted by atomic mass is 10.1. The average molecular weight is 263 g/mol. The minimum absolute atomic E-state index is 0.0335. The molecule has 0 aromatic heterocycles. The maximum absolute atomic E-state index is 12.0. The normalized spacial score (nSPS) is 23.5. The van der Waals surface area contributed by atoms with Crippen molar-refractivity contribution in [1.82, 2.24) is 5.32 Å². The Morgan fingerprint density at radius 2 is 2.22 bits per heavy atom. The van der Waals surface area contributed by atoms with Crippen LogP contribution in [0.4, 0.5) is 0 Å². The van der Waals surface area contributed by atoms with Crippen molar-refractivity contribution in [2.45, 2.75) is 35.5 Å². The molecule has 0 bridgehead atoms. The zero-order valence-corrected chi connectivity index (χ0v) is 11.0. The van der Waals surface area contributed by atoms with E-state index in [1.54, 1.807) is 11.8 Å². The lowest BCUT2D eigenvalue weighted by Crippen LogP contribution is -2.38. The average Bonchev–Trinajstić information content (AvgIpc) is 3.14. The quantitative estimate of drug-likeness (QED) is 0.867. The summed E-state index contributed by atoms with van der Waals surface area (Å²) in [5.41, 5.74) is 1.25. The van der Waals surface area contributed by atoms with Gasteiger partial charge in [-0.2, -0.15) is 0 Å². The highest BCUT2D eigenvalue weighted by Crippen LogP contribution is 2.37. The van der Waals surface area contributed by atoms with E-state index in [9.17, 15) is 9.90 Å². The standard InChI is InChI=1S/C14H17NO2S/c16-11(9-5-6-9)8-15-14(17)13-7-10-3-1-2-4-12(10)18-13/h1-4,9,11,13,16H,5-8H2,(H,15,17). The molecule has 1 aromatic carbocycles. The molecule has 18 heavy (non-hydrogen) atoms. The second kappa shape index (κ2) is 4.94. The number of hydrogen-bond donors (Lipinski definition) is 2. The molecule has 1 amide bonds. The van der Waals surface area contributed by atoms with E-state index in [-0.39, 0.29) is 17.3 Å². The second-order valence-electron chi connectivity index (χ2n) is 5.07. The molecule has 1 aromatic rings. The maximum atomic E-state index is 12.0. The lowest BCUT2D eigenvalue weighted by molar-refractivity contribution is -0.121. The van der Waals surface area contributed by atoms with Crippen molar-refractivity contribution in [2.24, 2.45) is 5.92 Å². The number of carbonyl (C=O) groups excluding carboxylic acids is 1. The molecule has 0 radical (unpaired) electrons. The van der Waals surface area contributed by atoms with Gasteiger partial charge in [-0.15, -0.1) is 11.8 Å². The largest absolute Gasteiger partial charge is 0.391 e. The summed E-state index contributed by atoms with van der Waals surface area (Å²) in [6.07, 6.45) is 2.63. The number of carbonyl (C=O) groups is 1. The summed E-state index contributed by atoms with van der Waals surface area (Å²) >= 11 is 1.63. The molecule has 0 saturated heterocycles. The Hall–Kier alpha value is -1.00. The Morgan fingerprint density at radius 1 is 1.44 bits per heavy atom. The molecule has 1 saturated carbocycles. The first-order valence-corrected chi connectivity index (χ1v) is 7.32. The summed E-state index contributed by atoms with van der Waals surface area (Å²) in [4.78, 5) is 13.2. The third kappa shape index (κ3) is 2.54. The van der Waals surface area contributed by atoms with Gasteiger partial charge in [0.1, 0.15) is 0 Å². The van der Waals surface area contributed by atoms with E-state index in [2.05, 4.69) is 17.4 Å². The summed E-state index contributed by atoms with van der Waals surface area (Å²) in [5.74, 6) is 0.467. The van der Waals surface area contributed by atoms with Crippen molar-refractivity contribution >= 4 is 17.7 Å². The molecule has 2 atom stereocenters. The Kier molecular flexibility index (Phi) is 3.31. The Bertz CT molecular complexity index is 434. The predicted octanol–water partition coefficient (Wildman–Crippen LogP) is 1.59. The van der Waals surface area contributed by atoms with Crippen molar-refractivity contribution in [3.8, 4) is 0 Å². The molecule has 1 fully saturated rings. The van der Waals surface area contributed by atoms with E-state index < -0.39 is 0 Å². The van der Waals surface area contributed by atoms with Crippen LogP contribution in [0.25, 0.3) is 0 Å². The number of nitrogens with one attached hydrogen (secondary N) is 1. The molecule has 4 heteroatoms. The van der Waals surface area contributed by atoms with Crippen LogP contribution < -0.4 is 5.32 Å². The number of rotatable bonds is 4. The third-order valence-corrected chi connectivity index (χ3v) is 4.91. The number of amides is 1. The second-order valence-corrected chi connectivity index (χ2v) is 6.31. The van der Waals surface area contributed by atoms with Crippen molar-refractivity contribution in [2.75, 3.05) is 6.54 Å². The molecule has 1 aliphatic heterocycles. The van der Waals surface area contributed by atoms with Gasteiger partial charge in [0.25, 0.3) is 0 Å². The lowest BCUT2D eigenvalue weighted by Gasteiger charge is -2.13. The fourth-order valence-electron chi connectivity index (χ4n) is 2.29. The van der Waals surface area contributed by atoms with Crippen LogP contribution in [-0.2, 0) is 11.2 Å². The van der Waals surface area contributed by atoms with Crippen LogP contribution in [0.1, 0.15) is 18.4 Å². The van der Waals surface area contributed by atoms with E-state index in [1.165, 1.54) is 10.5 Å². The number of benzene rings is 1. The number of aliphatic hydroxyl groups excluding tert-OH is 1. The van der Waals surface area contributed by atoms with Gasteiger partial charge < -0.3 is 10.4 Å². The van der Waals surface area contributed by atoms with Gasteiger partial charge in [0.05, 0.1) is 11.4 Å². The highest BCUT2D eigenvalue weighted by Gasteiger charge is 2.32. The molecule has 3 nitrogen and oxygen atoms in total. The van der Waals surface area contributed by atoms with Crippen molar-refractivity contribution in [3.05, 3.63) is 29.8 Å². The fraction of sp³-hybridized carbons (Fsp3) is 0.500. The summed E-state index contributed by atoms with van der Waals surface area (Å²) in [6, 6.07) is 8.15. The number of hydrogen-bond acceptors (Lipinski definition) is 3. The third-order valence-electron chi connectivity index (χ3n) is 3.59. The molecule has 2 unspecified atom stereocenters. The van der Waals surface area contributed by atoms with Crippen LogP contribution in [0.2, 0.25) is 0 Å². The smallest absolute Gasteiger partial charge is 0.233 e. The first-order valence-electron chi connectivity index (χ1n) is 6.44. The molecule has 2 aliphatic rings. The van der Waals surface area contributed by atoms with Gasteiger partial charge in [-0.05, 0) is 36.8 Å². The van der Waals surface area contributed by atoms with Gasteiger partial charge in [-0.1, -0.05) is 18.2 Å². The minimum Gasteiger partial charge on any atom is -0.391 e. The first-order chi connectivity index (χ1) is 8.74. The molecule has 0 spiro atoms. The first kappa shape index (κ1) is 12.1. The van der Waals surface area contributed by atoms with Gasteiger partial charge >= 0.3 is 0 Å². The van der Waals surface area contributed by atoms with Crippen LogP contribution in [-0.4, -0.2) is 28.9 Å². The van der Waals surface area contributed by atoms with Crippen LogP contribution in [0.5, 0.6) is 0 Å². The number of aliphatic hydroxyl groups is 1. The van der Waals surface area contributed by atoms with Crippen LogP contribution in [0.3, 0.4) is 0 Å². The number of fused-ring (bicyclic) bond motifs is 1. The zero-order valence-electron chi connectivity index (χ0n) is 10.1. The van der Waals surface area contributed by atoms with E-state index >= 15 is 0 Å². The monoisotopic (exact) mass is 263 g/mol. The van der Waals surface area contributed by atoms with Crippen molar-refractivity contribution in [1.29, 1.82) is 0 Å². The SMILES string of the molecule is O=C(NCC(O)C1CC1)C1Cc2ccccc2S1. The van der Waals surface area contributed by atoms with Crippen LogP contribution in [0.15, 0.2) is 29.2 Å². The molecule has 3 rings (SSSR count). The van der Waals surface area contributed by atoms with Gasteiger partial charge in [0, 0.05) is 11.4 Å². The maximum Gasteiger partial charge on any atom is 0.233 e. The molecule has 2 N–H and O–H groups in total. The van der Waals surface area contributed by atoms with Gasteiger partial charge in [0.15, 0.2) is 0 Å². The van der Waals surface area contributed by atoms with Crippen LogP contribution >= 0.6 is 11.8 Å². The van der Waals surface area contributed by atoms with E-state index in [0.29, 0.717) is 12.5 Å². The van der Waals surface area contributed by atoms with E-state index in [4.69, 9.17) is 0 Å². The minimum atomic E-state index is -0.359. The summed E-state index contributed by atoms with van der Waals surface area (Å²) in [5, 5.41) is 12.6. The van der Waals surface area contributed by atoms with E-state index in [1.807, 2.05) is 12.1 Å². The van der Waals surface area contributed by atoms with Gasteiger partial charge in [-0.25, -0.2) is 0 Å². The predicted molar refractivity (Wildman–Crippen MR) is 71.5 cm³/mol. The van der Waals surface area contributed by atoms with E-state index in [0.717, 1.165) is 19.3 Å². The summed E-state index contributed by atoms with van der Waals surface area (Å²) < 4.78 is 0. The summed E-state index contributed by atoms with van der Waals surface area (Å²) in [7, 11) is 0. The Labute approximate surface area is 111 Å². The van der Waals surface area contributed by atoms with Gasteiger partial charge in [-0.3, -0.25) is 4.79 Å². The molecular weight excluding hydrogens is 246 g/mol. The number of thioether (sulfide) groups is 1. The molecular formula is C14H17NO2S.